The Kier molecular flexibility index (Phi) is 7.75. The molecular weight excluding hydrogens is 377 g/mol. The number of para-hydroxylation sites is 1. The van der Waals surface area contributed by atoms with Crippen LogP contribution in [0.25, 0.3) is 0 Å². The molecule has 0 bridgehead atoms. The quantitative estimate of drug-likeness (QED) is 0.535. The third-order valence-electron chi connectivity index (χ3n) is 3.60. The molecule has 138 valence electrons. The molecule has 0 fully saturated rings. The Bertz CT molecular complexity index is 780. The number of amides is 1. The highest BCUT2D eigenvalue weighted by Gasteiger charge is 2.13. The fourth-order valence-corrected chi connectivity index (χ4v) is 2.67. The summed E-state index contributed by atoms with van der Waals surface area (Å²) in [5, 5.41) is 3.81. The minimum absolute atomic E-state index is 0.211. The second kappa shape index (κ2) is 10.0. The van der Waals surface area contributed by atoms with Crippen LogP contribution in [0.5, 0.6) is 5.75 Å². The molecule has 0 aromatic heterocycles. The van der Waals surface area contributed by atoms with E-state index in [1.54, 1.807) is 42.5 Å². The smallest absolute Gasteiger partial charge is 0.305 e. The van der Waals surface area contributed by atoms with E-state index >= 15 is 0 Å². The van der Waals surface area contributed by atoms with E-state index in [0.717, 1.165) is 5.56 Å². The van der Waals surface area contributed by atoms with Gasteiger partial charge in [-0.1, -0.05) is 41.4 Å². The molecule has 0 saturated carbocycles. The Morgan fingerprint density at radius 1 is 1.12 bits per heavy atom. The van der Waals surface area contributed by atoms with Crippen LogP contribution in [0.15, 0.2) is 42.5 Å². The Hall–Kier alpha value is -2.24. The summed E-state index contributed by atoms with van der Waals surface area (Å²) in [4.78, 5) is 23.4. The molecule has 2 aromatic carbocycles. The van der Waals surface area contributed by atoms with Gasteiger partial charge in [0.15, 0.2) is 0 Å². The highest BCUT2D eigenvalue weighted by atomic mass is 35.5. The molecule has 0 saturated heterocycles. The molecule has 26 heavy (non-hydrogen) atoms. The molecule has 0 aliphatic rings. The van der Waals surface area contributed by atoms with E-state index in [1.807, 2.05) is 0 Å². The van der Waals surface area contributed by atoms with Gasteiger partial charge in [-0.3, -0.25) is 9.59 Å². The zero-order valence-electron chi connectivity index (χ0n) is 14.3. The van der Waals surface area contributed by atoms with Gasteiger partial charge in [0, 0.05) is 28.6 Å². The number of hydrogen-bond acceptors (Lipinski definition) is 4. The lowest BCUT2D eigenvalue weighted by Gasteiger charge is -2.12. The van der Waals surface area contributed by atoms with Crippen molar-refractivity contribution in [3.8, 4) is 5.75 Å². The fourth-order valence-electron chi connectivity index (χ4n) is 2.21. The maximum absolute atomic E-state index is 12.4. The summed E-state index contributed by atoms with van der Waals surface area (Å²) in [6.45, 7) is 0.577. The third kappa shape index (κ3) is 5.93. The van der Waals surface area contributed by atoms with Crippen molar-refractivity contribution >= 4 is 35.1 Å². The first kappa shape index (κ1) is 20.1. The Morgan fingerprint density at radius 3 is 2.62 bits per heavy atom. The van der Waals surface area contributed by atoms with Crippen LogP contribution in [0.3, 0.4) is 0 Å². The van der Waals surface area contributed by atoms with E-state index < -0.39 is 0 Å². The van der Waals surface area contributed by atoms with E-state index in [0.29, 0.717) is 34.3 Å². The Labute approximate surface area is 162 Å². The average molecular weight is 396 g/mol. The lowest BCUT2D eigenvalue weighted by molar-refractivity contribution is -0.140. The normalized spacial score (nSPS) is 10.3. The van der Waals surface area contributed by atoms with E-state index in [1.165, 1.54) is 7.11 Å². The zero-order valence-corrected chi connectivity index (χ0v) is 15.8. The first-order valence-electron chi connectivity index (χ1n) is 8.02. The number of carbonyl (C=O) groups is 2. The molecule has 0 spiro atoms. The van der Waals surface area contributed by atoms with E-state index in [2.05, 4.69) is 10.1 Å². The van der Waals surface area contributed by atoms with Gasteiger partial charge in [-0.25, -0.2) is 0 Å². The third-order valence-corrected chi connectivity index (χ3v) is 4.19. The summed E-state index contributed by atoms with van der Waals surface area (Å²) in [6, 6.07) is 12.1. The number of benzene rings is 2. The second-order valence-electron chi connectivity index (χ2n) is 5.46. The molecule has 5 nitrogen and oxygen atoms in total. The number of nitrogens with one attached hydrogen (secondary N) is 1. The molecular formula is C19H19Cl2NO4. The van der Waals surface area contributed by atoms with Gasteiger partial charge >= 0.3 is 5.97 Å². The molecule has 0 atom stereocenters. The lowest BCUT2D eigenvalue weighted by atomic mass is 10.1. The van der Waals surface area contributed by atoms with Crippen molar-refractivity contribution < 1.29 is 19.1 Å². The fraction of sp³-hybridized carbons (Fsp3) is 0.263. The van der Waals surface area contributed by atoms with Gasteiger partial charge in [0.05, 0.1) is 12.7 Å². The predicted octanol–water partition coefficient (Wildman–Crippen LogP) is 4.26. The van der Waals surface area contributed by atoms with Crippen molar-refractivity contribution in [3.05, 3.63) is 63.6 Å². The predicted molar refractivity (Wildman–Crippen MR) is 101 cm³/mol. The van der Waals surface area contributed by atoms with Crippen molar-refractivity contribution in [1.29, 1.82) is 0 Å². The molecule has 0 aliphatic carbocycles. The standard InChI is InChI=1S/C19H19Cl2NO4/c1-25-18(23)7-4-10-22-19(24)15-5-2-3-6-17(15)26-12-13-8-9-14(20)11-16(13)21/h2-3,5-6,8-9,11H,4,7,10,12H2,1H3,(H,22,24). The summed E-state index contributed by atoms with van der Waals surface area (Å²) in [5.74, 6) is -0.125. The highest BCUT2D eigenvalue weighted by molar-refractivity contribution is 6.35. The van der Waals surface area contributed by atoms with Crippen molar-refractivity contribution in [3.63, 3.8) is 0 Å². The topological polar surface area (TPSA) is 64.6 Å². The van der Waals surface area contributed by atoms with Crippen LogP contribution >= 0.6 is 23.2 Å². The van der Waals surface area contributed by atoms with E-state index in [-0.39, 0.29) is 24.9 Å². The largest absolute Gasteiger partial charge is 0.488 e. The van der Waals surface area contributed by atoms with Crippen LogP contribution in [0.1, 0.15) is 28.8 Å². The average Bonchev–Trinajstić information content (AvgIpc) is 2.64. The number of carbonyl (C=O) groups excluding carboxylic acids is 2. The summed E-state index contributed by atoms with van der Waals surface area (Å²) >= 11 is 12.0. The van der Waals surface area contributed by atoms with Gasteiger partial charge < -0.3 is 14.8 Å². The van der Waals surface area contributed by atoms with Crippen LogP contribution in [0, 0.1) is 0 Å². The summed E-state index contributed by atoms with van der Waals surface area (Å²) in [5.41, 5.74) is 1.18. The Morgan fingerprint density at radius 2 is 1.88 bits per heavy atom. The molecule has 2 rings (SSSR count). The maximum Gasteiger partial charge on any atom is 0.305 e. The lowest BCUT2D eigenvalue weighted by Crippen LogP contribution is -2.25. The number of halogens is 2. The minimum Gasteiger partial charge on any atom is -0.488 e. The van der Waals surface area contributed by atoms with Crippen LogP contribution in [-0.4, -0.2) is 25.5 Å². The molecule has 0 aliphatic heterocycles. The highest BCUT2D eigenvalue weighted by Crippen LogP contribution is 2.24. The monoisotopic (exact) mass is 395 g/mol. The molecule has 0 radical (unpaired) electrons. The van der Waals surface area contributed by atoms with Crippen LogP contribution in [0.4, 0.5) is 0 Å². The number of rotatable bonds is 8. The molecule has 1 N–H and O–H groups in total. The minimum atomic E-state index is -0.303. The maximum atomic E-state index is 12.4. The SMILES string of the molecule is COC(=O)CCCNC(=O)c1ccccc1OCc1ccc(Cl)cc1Cl. The van der Waals surface area contributed by atoms with E-state index in [4.69, 9.17) is 27.9 Å². The van der Waals surface area contributed by atoms with Crippen LogP contribution in [-0.2, 0) is 16.1 Å². The van der Waals surface area contributed by atoms with Crippen LogP contribution in [0.2, 0.25) is 10.0 Å². The molecule has 0 unspecified atom stereocenters. The zero-order chi connectivity index (χ0) is 18.9. The number of hydrogen-bond donors (Lipinski definition) is 1. The van der Waals surface area contributed by atoms with Crippen molar-refractivity contribution in [2.75, 3.05) is 13.7 Å². The van der Waals surface area contributed by atoms with Gasteiger partial charge in [-0.2, -0.15) is 0 Å². The number of esters is 1. The first-order valence-corrected chi connectivity index (χ1v) is 8.77. The Balaban J connectivity index is 1.96. The first-order chi connectivity index (χ1) is 12.5. The summed E-state index contributed by atoms with van der Waals surface area (Å²) in [7, 11) is 1.33. The van der Waals surface area contributed by atoms with Gasteiger partial charge in [-0.15, -0.1) is 0 Å². The number of ether oxygens (including phenoxy) is 2. The second-order valence-corrected chi connectivity index (χ2v) is 6.30. The van der Waals surface area contributed by atoms with Crippen molar-refractivity contribution in [2.24, 2.45) is 0 Å². The molecule has 7 heteroatoms. The molecule has 0 heterocycles. The summed E-state index contributed by atoms with van der Waals surface area (Å²) in [6.07, 6.45) is 0.756. The number of methoxy groups -OCH3 is 1. The van der Waals surface area contributed by atoms with Crippen molar-refractivity contribution in [2.45, 2.75) is 19.4 Å². The van der Waals surface area contributed by atoms with Gasteiger partial charge in [0.2, 0.25) is 0 Å². The summed E-state index contributed by atoms with van der Waals surface area (Å²) < 4.78 is 10.3. The molecule has 2 aromatic rings. The van der Waals surface area contributed by atoms with Gasteiger partial charge in [0.1, 0.15) is 12.4 Å². The van der Waals surface area contributed by atoms with Crippen molar-refractivity contribution in [1.82, 2.24) is 5.32 Å². The van der Waals surface area contributed by atoms with E-state index in [9.17, 15) is 9.59 Å². The molecule has 1 amide bonds. The van der Waals surface area contributed by atoms with Crippen LogP contribution < -0.4 is 10.1 Å². The van der Waals surface area contributed by atoms with Gasteiger partial charge in [-0.05, 0) is 30.7 Å². The van der Waals surface area contributed by atoms with Gasteiger partial charge in [0.25, 0.3) is 5.91 Å².